The molecule has 8 heteroatoms. The van der Waals surface area contributed by atoms with E-state index in [1.807, 2.05) is 0 Å². The van der Waals surface area contributed by atoms with Gasteiger partial charge >= 0.3 is 0 Å². The largest absolute Gasteiger partial charge is 0.619 e. The molecule has 0 aliphatic carbocycles. The summed E-state index contributed by atoms with van der Waals surface area (Å²) in [6.07, 6.45) is 3.89. The third kappa shape index (κ3) is 3.57. The van der Waals surface area contributed by atoms with E-state index in [0.717, 1.165) is 11.8 Å². The van der Waals surface area contributed by atoms with Crippen molar-refractivity contribution in [2.75, 3.05) is 5.32 Å². The van der Waals surface area contributed by atoms with E-state index in [1.54, 1.807) is 19.2 Å². The molecule has 0 spiro atoms. The van der Waals surface area contributed by atoms with E-state index in [1.165, 1.54) is 30.5 Å². The zero-order valence-electron chi connectivity index (χ0n) is 13.7. The molecule has 3 N–H and O–H groups in total. The maximum absolute atomic E-state index is 14.1. The summed E-state index contributed by atoms with van der Waals surface area (Å²) in [5.74, 6) is -1.20. The van der Waals surface area contributed by atoms with E-state index in [2.05, 4.69) is 10.3 Å². The van der Waals surface area contributed by atoms with Gasteiger partial charge in [-0.15, -0.1) is 0 Å². The Bertz CT molecular complexity index is 1010. The minimum Gasteiger partial charge on any atom is -0.619 e. The average Bonchev–Trinajstić information content (AvgIpc) is 2.60. The molecule has 0 unspecified atom stereocenters. The number of nitrogens with one attached hydrogen (secondary N) is 1. The van der Waals surface area contributed by atoms with Gasteiger partial charge in [0.25, 0.3) is 5.91 Å². The van der Waals surface area contributed by atoms with Gasteiger partial charge in [-0.05, 0) is 36.8 Å². The highest BCUT2D eigenvalue weighted by Crippen LogP contribution is 2.29. The summed E-state index contributed by atoms with van der Waals surface area (Å²) in [6, 6.07) is 7.27. The van der Waals surface area contributed by atoms with Crippen LogP contribution in [0.1, 0.15) is 15.9 Å². The topological polar surface area (TPSA) is 94.9 Å². The number of rotatable bonds is 4. The van der Waals surface area contributed by atoms with Crippen molar-refractivity contribution in [3.63, 3.8) is 0 Å². The van der Waals surface area contributed by atoms with Crippen molar-refractivity contribution < 1.29 is 13.9 Å². The summed E-state index contributed by atoms with van der Waals surface area (Å²) in [4.78, 5) is 15.8. The van der Waals surface area contributed by atoms with Gasteiger partial charge in [-0.1, -0.05) is 11.6 Å². The van der Waals surface area contributed by atoms with Gasteiger partial charge in [-0.25, -0.2) is 4.39 Å². The number of benzene rings is 1. The van der Waals surface area contributed by atoms with E-state index in [0.29, 0.717) is 26.8 Å². The van der Waals surface area contributed by atoms with E-state index in [-0.39, 0.29) is 11.1 Å². The lowest BCUT2D eigenvalue weighted by molar-refractivity contribution is -0.605. The summed E-state index contributed by atoms with van der Waals surface area (Å²) in [6.45, 7) is 1.80. The first-order valence-electron chi connectivity index (χ1n) is 7.57. The Labute approximate surface area is 153 Å². The van der Waals surface area contributed by atoms with Gasteiger partial charge < -0.3 is 16.3 Å². The number of amides is 1. The number of primary amides is 1. The van der Waals surface area contributed by atoms with E-state index in [9.17, 15) is 14.4 Å². The Balaban J connectivity index is 2.05. The Morgan fingerprint density at radius 1 is 1.31 bits per heavy atom. The normalized spacial score (nSPS) is 10.6. The van der Waals surface area contributed by atoms with Gasteiger partial charge in [-0.2, -0.15) is 4.73 Å². The number of aryl methyl sites for hydroxylation is 1. The van der Waals surface area contributed by atoms with Crippen LogP contribution >= 0.6 is 11.6 Å². The lowest BCUT2D eigenvalue weighted by atomic mass is 10.1. The number of hydrogen-bond donors (Lipinski definition) is 2. The number of nitrogens with zero attached hydrogens (tertiary/aromatic N) is 2. The van der Waals surface area contributed by atoms with Crippen LogP contribution in [-0.4, -0.2) is 10.9 Å². The molecule has 1 aromatic carbocycles. The Hall–Kier alpha value is -3.19. The number of aromatic nitrogens is 2. The number of carbonyl (C=O) groups excluding carboxylic acids is 1. The molecule has 0 radical (unpaired) electrons. The van der Waals surface area contributed by atoms with Gasteiger partial charge in [0, 0.05) is 28.5 Å². The second kappa shape index (κ2) is 6.97. The molecule has 0 atom stereocenters. The maximum atomic E-state index is 14.1. The van der Waals surface area contributed by atoms with E-state index >= 15 is 0 Å². The van der Waals surface area contributed by atoms with Crippen LogP contribution in [0.5, 0.6) is 0 Å². The van der Waals surface area contributed by atoms with Crippen molar-refractivity contribution in [2.45, 2.75) is 6.92 Å². The molecule has 2 aromatic heterocycles. The molecule has 1 amide bonds. The van der Waals surface area contributed by atoms with Gasteiger partial charge in [0.1, 0.15) is 11.4 Å². The summed E-state index contributed by atoms with van der Waals surface area (Å²) in [5.41, 5.74) is 7.68. The standard InChI is InChI=1S/C18H14ClFN4O2/c1-10-8-22-17(12-6-11(19)2-3-14(12)20)7-16(10)23-15-4-5-24(26)9-13(15)18(21)25/h2-9H,1H3,(H2,21,25)(H,22,23). The van der Waals surface area contributed by atoms with Crippen LogP contribution in [0, 0.1) is 17.9 Å². The van der Waals surface area contributed by atoms with E-state index in [4.69, 9.17) is 17.3 Å². The number of carbonyl (C=O) groups is 1. The molecule has 6 nitrogen and oxygen atoms in total. The van der Waals surface area contributed by atoms with Crippen molar-refractivity contribution in [3.8, 4) is 11.3 Å². The average molecular weight is 373 g/mol. The molecule has 3 rings (SSSR count). The quantitative estimate of drug-likeness (QED) is 0.542. The fourth-order valence-corrected chi connectivity index (χ4v) is 2.60. The first kappa shape index (κ1) is 17.6. The molecule has 132 valence electrons. The van der Waals surface area contributed by atoms with Crippen molar-refractivity contribution in [3.05, 3.63) is 76.1 Å². The molecule has 0 bridgehead atoms. The zero-order chi connectivity index (χ0) is 18.8. The predicted octanol–water partition coefficient (Wildman–Crippen LogP) is 3.33. The SMILES string of the molecule is Cc1cnc(-c2cc(Cl)ccc2F)cc1Nc1cc[n+]([O-])cc1C(N)=O. The smallest absolute Gasteiger partial charge is 0.256 e. The maximum Gasteiger partial charge on any atom is 0.256 e. The number of pyridine rings is 2. The number of hydrogen-bond acceptors (Lipinski definition) is 4. The van der Waals surface area contributed by atoms with Gasteiger partial charge in [0.05, 0.1) is 11.4 Å². The molecule has 0 saturated carbocycles. The lowest BCUT2D eigenvalue weighted by Gasteiger charge is -2.13. The van der Waals surface area contributed by atoms with E-state index < -0.39 is 11.7 Å². The molecule has 26 heavy (non-hydrogen) atoms. The Morgan fingerprint density at radius 2 is 2.08 bits per heavy atom. The number of anilines is 2. The molecular formula is C18H14ClFN4O2. The Kier molecular flexibility index (Phi) is 4.73. The third-order valence-corrected chi connectivity index (χ3v) is 4.01. The number of nitrogens with two attached hydrogens (primary N) is 1. The second-order valence-corrected chi connectivity index (χ2v) is 6.07. The summed E-state index contributed by atoms with van der Waals surface area (Å²) in [5, 5.41) is 14.8. The zero-order valence-corrected chi connectivity index (χ0v) is 14.4. The molecule has 0 saturated heterocycles. The molecule has 0 aliphatic rings. The van der Waals surface area contributed by atoms with Crippen LogP contribution in [0.3, 0.4) is 0 Å². The van der Waals surface area contributed by atoms with Crippen molar-refractivity contribution >= 4 is 28.9 Å². The monoisotopic (exact) mass is 372 g/mol. The van der Waals surface area contributed by atoms with Gasteiger partial charge in [0.15, 0.2) is 12.4 Å². The fraction of sp³-hybridized carbons (Fsp3) is 0.0556. The van der Waals surface area contributed by atoms with Crippen LogP contribution in [0.2, 0.25) is 5.02 Å². The van der Waals surface area contributed by atoms with Gasteiger partial charge in [-0.3, -0.25) is 9.78 Å². The first-order valence-corrected chi connectivity index (χ1v) is 7.94. The summed E-state index contributed by atoms with van der Waals surface area (Å²) in [7, 11) is 0. The predicted molar refractivity (Wildman–Crippen MR) is 96.6 cm³/mol. The van der Waals surface area contributed by atoms with Crippen LogP contribution in [0.4, 0.5) is 15.8 Å². The highest BCUT2D eigenvalue weighted by atomic mass is 35.5. The molecule has 0 aliphatic heterocycles. The van der Waals surface area contributed by atoms with Crippen LogP contribution in [-0.2, 0) is 0 Å². The van der Waals surface area contributed by atoms with Crippen molar-refractivity contribution in [2.24, 2.45) is 5.73 Å². The van der Waals surface area contributed by atoms with Gasteiger partial charge in [0.2, 0.25) is 0 Å². The first-order chi connectivity index (χ1) is 12.3. The molecule has 3 aromatic rings. The minimum absolute atomic E-state index is 0.0363. The lowest BCUT2D eigenvalue weighted by Crippen LogP contribution is -2.28. The Morgan fingerprint density at radius 3 is 2.81 bits per heavy atom. The van der Waals surface area contributed by atoms with Crippen LogP contribution in [0.25, 0.3) is 11.3 Å². The molecule has 0 fully saturated rings. The van der Waals surface area contributed by atoms with Crippen LogP contribution in [0.15, 0.2) is 48.9 Å². The molecule has 2 heterocycles. The third-order valence-electron chi connectivity index (χ3n) is 3.78. The highest BCUT2D eigenvalue weighted by Gasteiger charge is 2.15. The summed E-state index contributed by atoms with van der Waals surface area (Å²) >= 11 is 5.94. The van der Waals surface area contributed by atoms with Crippen LogP contribution < -0.4 is 15.8 Å². The second-order valence-electron chi connectivity index (χ2n) is 5.63. The minimum atomic E-state index is -0.745. The van der Waals surface area contributed by atoms with Crippen molar-refractivity contribution in [1.29, 1.82) is 0 Å². The fourth-order valence-electron chi connectivity index (χ4n) is 2.43. The highest BCUT2D eigenvalue weighted by molar-refractivity contribution is 6.30. The van der Waals surface area contributed by atoms with Crippen molar-refractivity contribution in [1.82, 2.24) is 4.98 Å². The number of halogens is 2. The summed E-state index contributed by atoms with van der Waals surface area (Å²) < 4.78 is 14.6. The molecular weight excluding hydrogens is 359 g/mol.